The summed E-state index contributed by atoms with van der Waals surface area (Å²) in [6, 6.07) is 3.11. The molecule has 6 heteroatoms. The number of morpholine rings is 1. The molecule has 0 aromatic carbocycles. The van der Waals surface area contributed by atoms with Crippen LogP contribution in [0.25, 0.3) is 0 Å². The molecule has 0 saturated carbocycles. The first kappa shape index (κ1) is 13.6. The van der Waals surface area contributed by atoms with E-state index in [1.54, 1.807) is 13.1 Å². The van der Waals surface area contributed by atoms with E-state index in [-0.39, 0.29) is 23.6 Å². The van der Waals surface area contributed by atoms with Crippen molar-refractivity contribution >= 4 is 11.7 Å². The summed E-state index contributed by atoms with van der Waals surface area (Å²) in [5.74, 6) is -0.341. The van der Waals surface area contributed by atoms with Gasteiger partial charge in [0.1, 0.15) is 11.9 Å². The first-order chi connectivity index (χ1) is 9.09. The highest BCUT2D eigenvalue weighted by atomic mass is 16.5. The Morgan fingerprint density at radius 1 is 1.53 bits per heavy atom. The SMILES string of the molecule is CC(=O)c1ccnc(C(=O)N(C)C2CNCCO2)c1. The molecule has 1 unspecified atom stereocenters. The van der Waals surface area contributed by atoms with Gasteiger partial charge in [0.15, 0.2) is 5.78 Å². The van der Waals surface area contributed by atoms with Gasteiger partial charge in [-0.1, -0.05) is 0 Å². The maximum atomic E-state index is 12.3. The second kappa shape index (κ2) is 5.90. The molecule has 2 rings (SSSR count). The number of nitrogens with zero attached hydrogens (tertiary/aromatic N) is 2. The first-order valence-electron chi connectivity index (χ1n) is 6.16. The van der Waals surface area contributed by atoms with Gasteiger partial charge < -0.3 is 15.0 Å². The number of hydrogen-bond acceptors (Lipinski definition) is 5. The van der Waals surface area contributed by atoms with Crippen LogP contribution < -0.4 is 5.32 Å². The van der Waals surface area contributed by atoms with E-state index in [2.05, 4.69) is 10.3 Å². The molecule has 1 fully saturated rings. The van der Waals surface area contributed by atoms with Crippen molar-refractivity contribution in [3.05, 3.63) is 29.6 Å². The average Bonchev–Trinajstić information content (AvgIpc) is 2.46. The van der Waals surface area contributed by atoms with Gasteiger partial charge in [-0.3, -0.25) is 14.6 Å². The predicted octanol–water partition coefficient (Wildman–Crippen LogP) is 0.302. The molecular formula is C13H17N3O3. The van der Waals surface area contributed by atoms with E-state index in [0.29, 0.717) is 18.7 Å². The van der Waals surface area contributed by atoms with Crippen molar-refractivity contribution in [1.82, 2.24) is 15.2 Å². The highest BCUT2D eigenvalue weighted by molar-refractivity contribution is 5.98. The van der Waals surface area contributed by atoms with Gasteiger partial charge in [0.25, 0.3) is 5.91 Å². The highest BCUT2D eigenvalue weighted by Crippen LogP contribution is 2.09. The van der Waals surface area contributed by atoms with Crippen LogP contribution in [0, 0.1) is 0 Å². The molecule has 1 aromatic heterocycles. The third-order valence-corrected chi connectivity index (χ3v) is 3.05. The Balaban J connectivity index is 2.14. The average molecular weight is 263 g/mol. The Kier molecular flexibility index (Phi) is 4.24. The summed E-state index contributed by atoms with van der Waals surface area (Å²) in [7, 11) is 1.67. The van der Waals surface area contributed by atoms with E-state index < -0.39 is 0 Å². The molecule has 6 nitrogen and oxygen atoms in total. The Morgan fingerprint density at radius 3 is 2.95 bits per heavy atom. The van der Waals surface area contributed by atoms with Crippen LogP contribution in [0.4, 0.5) is 0 Å². The number of hydrogen-bond donors (Lipinski definition) is 1. The fourth-order valence-corrected chi connectivity index (χ4v) is 1.88. The lowest BCUT2D eigenvalue weighted by atomic mass is 10.1. The molecule has 1 atom stereocenters. The topological polar surface area (TPSA) is 71.5 Å². The third-order valence-electron chi connectivity index (χ3n) is 3.05. The lowest BCUT2D eigenvalue weighted by Crippen LogP contribution is -2.49. The number of ketones is 1. The number of aromatic nitrogens is 1. The first-order valence-corrected chi connectivity index (χ1v) is 6.16. The van der Waals surface area contributed by atoms with Gasteiger partial charge >= 0.3 is 0 Å². The summed E-state index contributed by atoms with van der Waals surface area (Å²) in [5.41, 5.74) is 0.735. The van der Waals surface area contributed by atoms with E-state index >= 15 is 0 Å². The molecule has 1 aromatic rings. The fourth-order valence-electron chi connectivity index (χ4n) is 1.88. The van der Waals surface area contributed by atoms with Crippen LogP contribution in [0.1, 0.15) is 27.8 Å². The Bertz CT molecular complexity index is 484. The van der Waals surface area contributed by atoms with Crippen LogP contribution in [0.15, 0.2) is 18.3 Å². The van der Waals surface area contributed by atoms with Crippen molar-refractivity contribution in [3.8, 4) is 0 Å². The van der Waals surface area contributed by atoms with Gasteiger partial charge in [0.2, 0.25) is 0 Å². The zero-order chi connectivity index (χ0) is 13.8. The molecule has 2 heterocycles. The zero-order valence-electron chi connectivity index (χ0n) is 11.0. The van der Waals surface area contributed by atoms with Gasteiger partial charge in [0.05, 0.1) is 6.61 Å². The van der Waals surface area contributed by atoms with Crippen molar-refractivity contribution in [1.29, 1.82) is 0 Å². The monoisotopic (exact) mass is 263 g/mol. The summed E-state index contributed by atoms with van der Waals surface area (Å²) in [6.45, 7) is 3.41. The minimum atomic E-state index is -0.302. The maximum absolute atomic E-state index is 12.3. The molecule has 1 saturated heterocycles. The number of nitrogens with one attached hydrogen (secondary N) is 1. The summed E-state index contributed by atoms with van der Waals surface area (Å²) in [5, 5.41) is 3.16. The van der Waals surface area contributed by atoms with E-state index in [1.165, 1.54) is 24.1 Å². The summed E-state index contributed by atoms with van der Waals surface area (Å²) in [4.78, 5) is 29.1. The Morgan fingerprint density at radius 2 is 2.32 bits per heavy atom. The molecule has 1 aliphatic rings. The molecule has 0 bridgehead atoms. The minimum absolute atomic E-state index is 0.0883. The van der Waals surface area contributed by atoms with Crippen LogP contribution in [-0.4, -0.2) is 54.5 Å². The van der Waals surface area contributed by atoms with Crippen molar-refractivity contribution in [2.45, 2.75) is 13.2 Å². The highest BCUT2D eigenvalue weighted by Gasteiger charge is 2.24. The number of Topliss-reactive ketones (excluding diaryl/α,β-unsaturated/α-hetero) is 1. The van der Waals surface area contributed by atoms with E-state index in [4.69, 9.17) is 4.74 Å². The van der Waals surface area contributed by atoms with Crippen LogP contribution in [-0.2, 0) is 4.74 Å². The number of carbonyl (C=O) groups excluding carboxylic acids is 2. The number of rotatable bonds is 3. The van der Waals surface area contributed by atoms with Crippen molar-refractivity contribution in [3.63, 3.8) is 0 Å². The van der Waals surface area contributed by atoms with Gasteiger partial charge in [0, 0.05) is 31.9 Å². The van der Waals surface area contributed by atoms with E-state index in [1.807, 2.05) is 0 Å². The van der Waals surface area contributed by atoms with Crippen LogP contribution in [0.3, 0.4) is 0 Å². The van der Waals surface area contributed by atoms with Gasteiger partial charge in [-0.2, -0.15) is 0 Å². The minimum Gasteiger partial charge on any atom is -0.356 e. The number of carbonyl (C=O) groups is 2. The Hall–Kier alpha value is -1.79. The quantitative estimate of drug-likeness (QED) is 0.794. The number of likely N-dealkylation sites (N-methyl/N-ethyl adjacent to an activating group) is 1. The zero-order valence-corrected chi connectivity index (χ0v) is 11.0. The Labute approximate surface area is 111 Å². The standard InChI is InChI=1S/C13H17N3O3/c1-9(17)10-3-4-15-11(7-10)13(18)16(2)12-8-14-5-6-19-12/h3-4,7,12,14H,5-6,8H2,1-2H3. The molecule has 0 aliphatic carbocycles. The number of ether oxygens (including phenoxy) is 1. The third kappa shape index (κ3) is 3.15. The summed E-state index contributed by atoms with van der Waals surface area (Å²) < 4.78 is 5.51. The van der Waals surface area contributed by atoms with Crippen molar-refractivity contribution in [2.75, 3.05) is 26.7 Å². The fraction of sp³-hybridized carbons (Fsp3) is 0.462. The molecule has 102 valence electrons. The van der Waals surface area contributed by atoms with Gasteiger partial charge in [-0.05, 0) is 19.1 Å². The van der Waals surface area contributed by atoms with E-state index in [0.717, 1.165) is 6.54 Å². The molecule has 1 N–H and O–H groups in total. The second-order valence-electron chi connectivity index (χ2n) is 4.43. The lowest BCUT2D eigenvalue weighted by molar-refractivity contribution is -0.0514. The van der Waals surface area contributed by atoms with Crippen LogP contribution >= 0.6 is 0 Å². The van der Waals surface area contributed by atoms with Crippen LogP contribution in [0.2, 0.25) is 0 Å². The molecule has 19 heavy (non-hydrogen) atoms. The van der Waals surface area contributed by atoms with Gasteiger partial charge in [-0.15, -0.1) is 0 Å². The van der Waals surface area contributed by atoms with Crippen molar-refractivity contribution in [2.24, 2.45) is 0 Å². The normalized spacial score (nSPS) is 18.9. The molecule has 1 amide bonds. The maximum Gasteiger partial charge on any atom is 0.274 e. The molecular weight excluding hydrogens is 246 g/mol. The second-order valence-corrected chi connectivity index (χ2v) is 4.43. The molecule has 0 spiro atoms. The number of pyridine rings is 1. The largest absolute Gasteiger partial charge is 0.356 e. The van der Waals surface area contributed by atoms with Crippen LogP contribution in [0.5, 0.6) is 0 Å². The summed E-state index contributed by atoms with van der Waals surface area (Å²) in [6.07, 6.45) is 1.17. The van der Waals surface area contributed by atoms with E-state index in [9.17, 15) is 9.59 Å². The molecule has 0 radical (unpaired) electrons. The molecule has 1 aliphatic heterocycles. The summed E-state index contributed by atoms with van der Waals surface area (Å²) >= 11 is 0. The number of amides is 1. The predicted molar refractivity (Wildman–Crippen MR) is 68.9 cm³/mol. The lowest BCUT2D eigenvalue weighted by Gasteiger charge is -2.31. The van der Waals surface area contributed by atoms with Gasteiger partial charge in [-0.25, -0.2) is 0 Å². The van der Waals surface area contributed by atoms with Crippen molar-refractivity contribution < 1.29 is 14.3 Å². The smallest absolute Gasteiger partial charge is 0.274 e.